The van der Waals surface area contributed by atoms with Crippen molar-refractivity contribution < 1.29 is 13.9 Å². The second-order valence-corrected chi connectivity index (χ2v) is 8.29. The Bertz CT molecular complexity index is 624. The van der Waals surface area contributed by atoms with Gasteiger partial charge in [-0.25, -0.2) is 0 Å². The van der Waals surface area contributed by atoms with Gasteiger partial charge in [-0.2, -0.15) is 0 Å². The molecule has 4 saturated heterocycles. The lowest BCUT2D eigenvalue weighted by atomic mass is 9.95. The van der Waals surface area contributed by atoms with Gasteiger partial charge >= 0.3 is 0 Å². The minimum absolute atomic E-state index is 0.0701. The zero-order valence-electron chi connectivity index (χ0n) is 16.0. The van der Waals surface area contributed by atoms with E-state index < -0.39 is 0 Å². The molecule has 4 aliphatic rings. The van der Waals surface area contributed by atoms with Crippen LogP contribution in [0.15, 0.2) is 16.5 Å². The van der Waals surface area contributed by atoms with Gasteiger partial charge < -0.3 is 14.1 Å². The molecule has 0 aromatic carbocycles. The van der Waals surface area contributed by atoms with Crippen molar-refractivity contribution in [1.29, 1.82) is 0 Å². The first-order chi connectivity index (χ1) is 12.6. The van der Waals surface area contributed by atoms with Crippen LogP contribution in [0.3, 0.4) is 0 Å². The fraction of sp³-hybridized carbons (Fsp3) is 0.750. The first-order valence-corrected chi connectivity index (χ1v) is 9.96. The quantitative estimate of drug-likeness (QED) is 0.822. The Hall–Kier alpha value is -1.37. The number of hydrogen-bond donors (Lipinski definition) is 0. The molecule has 2 atom stereocenters. The van der Waals surface area contributed by atoms with Gasteiger partial charge in [0.25, 0.3) is 5.91 Å². The lowest BCUT2D eigenvalue weighted by Gasteiger charge is -2.36. The van der Waals surface area contributed by atoms with Crippen LogP contribution in [0.25, 0.3) is 0 Å². The van der Waals surface area contributed by atoms with E-state index in [1.54, 1.807) is 19.0 Å². The monoisotopic (exact) mass is 361 g/mol. The van der Waals surface area contributed by atoms with Crippen molar-refractivity contribution in [3.63, 3.8) is 0 Å². The van der Waals surface area contributed by atoms with Gasteiger partial charge in [-0.05, 0) is 43.7 Å². The van der Waals surface area contributed by atoms with Crippen LogP contribution >= 0.6 is 0 Å². The molecular formula is C20H31N3O3. The summed E-state index contributed by atoms with van der Waals surface area (Å²) in [5, 5.41) is 0. The van der Waals surface area contributed by atoms with Crippen LogP contribution in [0.4, 0.5) is 0 Å². The predicted molar refractivity (Wildman–Crippen MR) is 99.1 cm³/mol. The van der Waals surface area contributed by atoms with Crippen molar-refractivity contribution in [2.45, 2.75) is 44.3 Å². The summed E-state index contributed by atoms with van der Waals surface area (Å²) in [6, 6.07) is 5.06. The average molecular weight is 361 g/mol. The summed E-state index contributed by atoms with van der Waals surface area (Å²) in [6.45, 7) is 6.15. The average Bonchev–Trinajstić information content (AvgIpc) is 2.92. The van der Waals surface area contributed by atoms with Gasteiger partial charge in [0.1, 0.15) is 5.76 Å². The minimum atomic E-state index is -0.0701. The maximum absolute atomic E-state index is 12.1. The van der Waals surface area contributed by atoms with E-state index in [-0.39, 0.29) is 5.91 Å². The molecule has 0 aliphatic carbocycles. The topological polar surface area (TPSA) is 49.2 Å². The van der Waals surface area contributed by atoms with Crippen LogP contribution in [0.1, 0.15) is 42.0 Å². The number of fused-ring (bicyclic) bond motifs is 4. The third-order valence-corrected chi connectivity index (χ3v) is 6.20. The van der Waals surface area contributed by atoms with Crippen molar-refractivity contribution in [1.82, 2.24) is 14.7 Å². The number of rotatable bonds is 4. The van der Waals surface area contributed by atoms with Crippen molar-refractivity contribution >= 4 is 5.91 Å². The van der Waals surface area contributed by atoms with Gasteiger partial charge in [0.2, 0.25) is 0 Å². The molecule has 4 aliphatic heterocycles. The van der Waals surface area contributed by atoms with Crippen LogP contribution in [0.5, 0.6) is 0 Å². The van der Waals surface area contributed by atoms with E-state index in [2.05, 4.69) is 9.80 Å². The zero-order chi connectivity index (χ0) is 18.1. The number of nitrogens with zero attached hydrogens (tertiary/aromatic N) is 3. The van der Waals surface area contributed by atoms with Gasteiger partial charge in [0.15, 0.2) is 5.76 Å². The highest BCUT2D eigenvalue weighted by Gasteiger charge is 2.37. The summed E-state index contributed by atoms with van der Waals surface area (Å²) < 4.78 is 11.4. The van der Waals surface area contributed by atoms with Crippen molar-refractivity contribution in [3.8, 4) is 0 Å². The summed E-state index contributed by atoms with van der Waals surface area (Å²) in [7, 11) is 3.51. The van der Waals surface area contributed by atoms with Crippen molar-refractivity contribution in [3.05, 3.63) is 23.7 Å². The molecule has 0 unspecified atom stereocenters. The number of amides is 1. The normalized spacial score (nSPS) is 28.2. The van der Waals surface area contributed by atoms with Gasteiger partial charge in [0.05, 0.1) is 6.54 Å². The van der Waals surface area contributed by atoms with Gasteiger partial charge in [-0.1, -0.05) is 0 Å². The number of hydrogen-bond acceptors (Lipinski definition) is 5. The summed E-state index contributed by atoms with van der Waals surface area (Å²) in [6.07, 6.45) is 4.96. The highest BCUT2D eigenvalue weighted by atomic mass is 16.5. The fourth-order valence-corrected chi connectivity index (χ4v) is 4.76. The van der Waals surface area contributed by atoms with Crippen LogP contribution in [0, 0.1) is 5.92 Å². The Kier molecular flexibility index (Phi) is 5.34. The van der Waals surface area contributed by atoms with Gasteiger partial charge in [-0.3, -0.25) is 14.6 Å². The number of piperidine rings is 1. The molecule has 4 fully saturated rings. The number of carbonyl (C=O) groups is 1. The van der Waals surface area contributed by atoms with Gasteiger partial charge in [-0.15, -0.1) is 0 Å². The van der Waals surface area contributed by atoms with E-state index in [4.69, 9.17) is 9.15 Å². The fourth-order valence-electron chi connectivity index (χ4n) is 4.76. The van der Waals surface area contributed by atoms with Gasteiger partial charge in [0, 0.05) is 59.0 Å². The molecule has 144 valence electrons. The zero-order valence-corrected chi connectivity index (χ0v) is 16.0. The van der Waals surface area contributed by atoms with E-state index in [0.717, 1.165) is 44.5 Å². The third-order valence-electron chi connectivity index (χ3n) is 6.20. The highest BCUT2D eigenvalue weighted by Crippen LogP contribution is 2.31. The lowest BCUT2D eigenvalue weighted by Crippen LogP contribution is -2.45. The molecule has 5 rings (SSSR count). The molecule has 1 aromatic rings. The molecule has 26 heavy (non-hydrogen) atoms. The molecule has 1 aromatic heterocycles. The SMILES string of the molecule is CN(C)C(=O)c1ccc(CN2C[C@H]3CC[C@@H]2CN(C2CCOCC2)C3)o1. The summed E-state index contributed by atoms with van der Waals surface area (Å²) in [5.74, 6) is 2.02. The maximum Gasteiger partial charge on any atom is 0.289 e. The molecule has 0 spiro atoms. The largest absolute Gasteiger partial charge is 0.455 e. The number of carbonyl (C=O) groups excluding carboxylic acids is 1. The first-order valence-electron chi connectivity index (χ1n) is 9.96. The second-order valence-electron chi connectivity index (χ2n) is 8.29. The molecule has 5 heterocycles. The molecule has 6 nitrogen and oxygen atoms in total. The van der Waals surface area contributed by atoms with Crippen LogP contribution < -0.4 is 0 Å². The van der Waals surface area contributed by atoms with Crippen LogP contribution in [-0.2, 0) is 11.3 Å². The maximum atomic E-state index is 12.1. The summed E-state index contributed by atoms with van der Waals surface area (Å²) in [5.41, 5.74) is 0. The third kappa shape index (κ3) is 3.82. The van der Waals surface area contributed by atoms with E-state index in [1.165, 1.54) is 32.2 Å². The van der Waals surface area contributed by atoms with Crippen molar-refractivity contribution in [2.75, 3.05) is 46.9 Å². The molecule has 0 radical (unpaired) electrons. The van der Waals surface area contributed by atoms with E-state index >= 15 is 0 Å². The van der Waals surface area contributed by atoms with Crippen molar-refractivity contribution in [2.24, 2.45) is 5.92 Å². The molecule has 1 amide bonds. The Morgan fingerprint density at radius 3 is 2.65 bits per heavy atom. The number of furan rings is 1. The standard InChI is InChI=1S/C20H31N3O3/c1-21(2)20(24)19-6-5-18(26-19)14-23-12-15-3-4-17(23)13-22(11-15)16-7-9-25-10-8-16/h5-6,15-17H,3-4,7-14H2,1-2H3/t15-,17+/m0/s1. The molecule has 0 N–H and O–H groups in total. The lowest BCUT2D eigenvalue weighted by molar-refractivity contribution is 0.0305. The predicted octanol–water partition coefficient (Wildman–Crippen LogP) is 2.06. The first kappa shape index (κ1) is 18.0. The van der Waals surface area contributed by atoms with E-state index in [1.807, 2.05) is 12.1 Å². The Labute approximate surface area is 156 Å². The molecule has 2 bridgehead atoms. The minimum Gasteiger partial charge on any atom is -0.455 e. The highest BCUT2D eigenvalue weighted by molar-refractivity contribution is 5.91. The van der Waals surface area contributed by atoms with E-state index in [0.29, 0.717) is 17.8 Å². The summed E-state index contributed by atoms with van der Waals surface area (Å²) >= 11 is 0. The Morgan fingerprint density at radius 2 is 1.88 bits per heavy atom. The second kappa shape index (κ2) is 7.71. The summed E-state index contributed by atoms with van der Waals surface area (Å²) in [4.78, 5) is 18.9. The van der Waals surface area contributed by atoms with E-state index in [9.17, 15) is 4.79 Å². The number of ether oxygens (including phenoxy) is 1. The smallest absolute Gasteiger partial charge is 0.289 e. The Balaban J connectivity index is 1.41. The van der Waals surface area contributed by atoms with Crippen LogP contribution in [-0.4, -0.2) is 79.6 Å². The Morgan fingerprint density at radius 1 is 1.08 bits per heavy atom. The molecule has 0 saturated carbocycles. The molecular weight excluding hydrogens is 330 g/mol. The van der Waals surface area contributed by atoms with Crippen LogP contribution in [0.2, 0.25) is 0 Å². The molecule has 6 heteroatoms.